The molecule has 96 heavy (non-hydrogen) atoms. The smallest absolute Gasteiger partial charge is 0.00201 e. The second kappa shape index (κ2) is 25.2. The number of fused-ring (bicyclic) bond motifs is 6. The van der Waals surface area contributed by atoms with Crippen LogP contribution in [0.2, 0.25) is 0 Å². The fraction of sp³-hybridized carbons (Fsp3) is 0. The normalized spacial score (nSPS) is 11.3. The monoisotopic (exact) mass is 1220 g/mol. The Kier molecular flexibility index (Phi) is 15.1. The van der Waals surface area contributed by atoms with E-state index in [0.29, 0.717) is 0 Å². The number of benzene rings is 18. The zero-order chi connectivity index (χ0) is 63.7. The summed E-state index contributed by atoms with van der Waals surface area (Å²) in [5.74, 6) is 0. The lowest BCUT2D eigenvalue weighted by molar-refractivity contribution is 1.58. The Morgan fingerprint density at radius 2 is 0.375 bits per heavy atom. The van der Waals surface area contributed by atoms with Gasteiger partial charge < -0.3 is 0 Å². The molecule has 0 N–H and O–H groups in total. The second-order valence-electron chi connectivity index (χ2n) is 24.9. The van der Waals surface area contributed by atoms with E-state index in [2.05, 4.69) is 388 Å². The molecule has 0 saturated heterocycles. The summed E-state index contributed by atoms with van der Waals surface area (Å²) in [5.41, 5.74) is 24.8. The topological polar surface area (TPSA) is 0 Å². The Labute approximate surface area is 560 Å². The van der Waals surface area contributed by atoms with Crippen molar-refractivity contribution in [2.24, 2.45) is 0 Å². The highest BCUT2D eigenvalue weighted by Gasteiger charge is 2.22. The third-order valence-electron chi connectivity index (χ3n) is 19.3. The standard InChI is InChI=1S/2C48H32/c1-2-14-33(15-3-1)34-28-30-36(31-29-34)40-21-6-7-22-42(40)48-45-25-10-8-23-43(45)47(44-24-9-11-26-46(44)48)38-19-12-18-37(32-38)41-27-13-17-35-16-4-5-20-39(35)41;1-2-13-33(14-3-1)35-25-28-36(29-26-35)41-19-6-7-20-42(41)48-45-23-10-8-21-43(45)47(44-22-9-11-24-46(44)48)40-18-12-17-38(32-40)39-30-27-34-15-4-5-16-37(34)31-39/h2*1-32H. The largest absolute Gasteiger partial charge is 0.0622 e. The quantitative estimate of drug-likeness (QED) is 0.120. The average Bonchev–Trinajstić information content (AvgIpc) is 0.796. The molecule has 0 spiro atoms. The van der Waals surface area contributed by atoms with Gasteiger partial charge in [-0.25, -0.2) is 0 Å². The van der Waals surface area contributed by atoms with Crippen LogP contribution in [0.3, 0.4) is 0 Å². The first kappa shape index (κ1) is 57.4. The van der Waals surface area contributed by atoms with Crippen LogP contribution in [0.25, 0.3) is 176 Å². The van der Waals surface area contributed by atoms with Crippen molar-refractivity contribution in [1.82, 2.24) is 0 Å². The molecule has 0 atom stereocenters. The molecule has 0 heteroatoms. The number of hydrogen-bond acceptors (Lipinski definition) is 0. The maximum absolute atomic E-state index is 2.37. The maximum Gasteiger partial charge on any atom is -0.00201 e. The molecule has 18 aromatic rings. The minimum absolute atomic E-state index is 1.21. The van der Waals surface area contributed by atoms with Crippen molar-refractivity contribution in [3.05, 3.63) is 388 Å². The number of rotatable bonds is 10. The van der Waals surface area contributed by atoms with Gasteiger partial charge in [-0.1, -0.05) is 370 Å². The van der Waals surface area contributed by atoms with E-state index in [0.717, 1.165) is 0 Å². The van der Waals surface area contributed by atoms with E-state index in [-0.39, 0.29) is 0 Å². The lowest BCUT2D eigenvalue weighted by atomic mass is 9.83. The summed E-state index contributed by atoms with van der Waals surface area (Å²) in [6.07, 6.45) is 0. The predicted molar refractivity (Wildman–Crippen MR) is 412 cm³/mol. The Balaban J connectivity index is 0.000000145. The van der Waals surface area contributed by atoms with E-state index >= 15 is 0 Å². The van der Waals surface area contributed by atoms with Crippen molar-refractivity contribution in [1.29, 1.82) is 0 Å². The number of hydrogen-bond donors (Lipinski definition) is 0. The SMILES string of the molecule is c1ccc(-c2ccc(-c3ccccc3-c3c4ccccc4c(-c4cccc(-c5ccc6ccccc6c5)c4)c4ccccc34)cc2)cc1.c1ccc(-c2ccc(-c3ccccc3-c3c4ccccc4c(-c4cccc(-c5cccc6ccccc56)c4)c4ccccc34)cc2)cc1. The minimum Gasteiger partial charge on any atom is -0.0622 e. The predicted octanol–water partition coefficient (Wildman–Crippen LogP) is 27.0. The van der Waals surface area contributed by atoms with E-state index in [1.54, 1.807) is 0 Å². The molecule has 0 aliphatic rings. The highest BCUT2D eigenvalue weighted by Crippen LogP contribution is 2.49. The molecule has 0 radical (unpaired) electrons. The third kappa shape index (κ3) is 10.7. The molecule has 0 aromatic heterocycles. The van der Waals surface area contributed by atoms with Gasteiger partial charge in [0.2, 0.25) is 0 Å². The zero-order valence-corrected chi connectivity index (χ0v) is 53.0. The van der Waals surface area contributed by atoms with Gasteiger partial charge in [0.15, 0.2) is 0 Å². The molecule has 0 amide bonds. The molecule has 0 aliphatic carbocycles. The van der Waals surface area contributed by atoms with Crippen molar-refractivity contribution in [2.45, 2.75) is 0 Å². The molecule has 0 saturated carbocycles. The Morgan fingerprint density at radius 3 is 0.844 bits per heavy atom. The van der Waals surface area contributed by atoms with Crippen molar-refractivity contribution >= 4 is 64.6 Å². The molecule has 18 aromatic carbocycles. The molecular formula is C96H64. The van der Waals surface area contributed by atoms with Gasteiger partial charge in [0.1, 0.15) is 0 Å². The first-order valence-corrected chi connectivity index (χ1v) is 33.2. The van der Waals surface area contributed by atoms with Crippen LogP contribution in [0.15, 0.2) is 388 Å². The van der Waals surface area contributed by atoms with Crippen LogP contribution in [0.4, 0.5) is 0 Å². The lowest BCUT2D eigenvalue weighted by Gasteiger charge is -2.20. The van der Waals surface area contributed by atoms with Gasteiger partial charge in [-0.2, -0.15) is 0 Å². The van der Waals surface area contributed by atoms with Gasteiger partial charge in [-0.3, -0.25) is 0 Å². The van der Waals surface area contributed by atoms with Crippen LogP contribution < -0.4 is 0 Å². The molecule has 0 nitrogen and oxygen atoms in total. The molecule has 448 valence electrons. The molecule has 18 rings (SSSR count). The average molecular weight is 1220 g/mol. The molecular weight excluding hydrogens is 1150 g/mol. The summed E-state index contributed by atoms with van der Waals surface area (Å²) in [6.45, 7) is 0. The summed E-state index contributed by atoms with van der Waals surface area (Å²) >= 11 is 0. The lowest BCUT2D eigenvalue weighted by Crippen LogP contribution is -1.93. The van der Waals surface area contributed by atoms with Gasteiger partial charge in [0, 0.05) is 0 Å². The van der Waals surface area contributed by atoms with Crippen molar-refractivity contribution < 1.29 is 0 Å². The van der Waals surface area contributed by atoms with Gasteiger partial charge in [-0.15, -0.1) is 0 Å². The van der Waals surface area contributed by atoms with E-state index in [4.69, 9.17) is 0 Å². The molecule has 0 bridgehead atoms. The summed E-state index contributed by atoms with van der Waals surface area (Å²) in [5, 5.41) is 15.1. The van der Waals surface area contributed by atoms with Crippen LogP contribution in [-0.2, 0) is 0 Å². The van der Waals surface area contributed by atoms with Crippen LogP contribution >= 0.6 is 0 Å². The first-order chi connectivity index (χ1) is 47.6. The molecule has 0 aliphatic heterocycles. The maximum atomic E-state index is 2.37. The van der Waals surface area contributed by atoms with Gasteiger partial charge in [0.25, 0.3) is 0 Å². The molecule has 0 unspecified atom stereocenters. The summed E-state index contributed by atoms with van der Waals surface area (Å²) in [6, 6.07) is 141. The summed E-state index contributed by atoms with van der Waals surface area (Å²) in [4.78, 5) is 0. The molecule has 0 fully saturated rings. The minimum atomic E-state index is 1.21. The highest BCUT2D eigenvalue weighted by atomic mass is 14.3. The van der Waals surface area contributed by atoms with Gasteiger partial charge in [0.05, 0.1) is 0 Å². The fourth-order valence-electron chi connectivity index (χ4n) is 14.9. The van der Waals surface area contributed by atoms with Crippen LogP contribution in [0.5, 0.6) is 0 Å². The Morgan fingerprint density at radius 1 is 0.104 bits per heavy atom. The fourth-order valence-corrected chi connectivity index (χ4v) is 14.9. The first-order valence-electron chi connectivity index (χ1n) is 33.2. The van der Waals surface area contributed by atoms with E-state index in [9.17, 15) is 0 Å². The van der Waals surface area contributed by atoms with Crippen molar-refractivity contribution in [3.63, 3.8) is 0 Å². The van der Waals surface area contributed by atoms with Crippen LogP contribution in [-0.4, -0.2) is 0 Å². The Hall–Kier alpha value is -12.5. The van der Waals surface area contributed by atoms with E-state index < -0.39 is 0 Å². The third-order valence-corrected chi connectivity index (χ3v) is 19.3. The summed E-state index contributed by atoms with van der Waals surface area (Å²) in [7, 11) is 0. The van der Waals surface area contributed by atoms with Crippen molar-refractivity contribution in [3.8, 4) is 111 Å². The van der Waals surface area contributed by atoms with Gasteiger partial charge in [-0.05, 0) is 194 Å². The Bertz CT molecular complexity index is 5790. The van der Waals surface area contributed by atoms with Crippen LogP contribution in [0.1, 0.15) is 0 Å². The summed E-state index contributed by atoms with van der Waals surface area (Å²) < 4.78 is 0. The van der Waals surface area contributed by atoms with Crippen LogP contribution in [0, 0.1) is 0 Å². The van der Waals surface area contributed by atoms with Crippen molar-refractivity contribution in [2.75, 3.05) is 0 Å². The second-order valence-corrected chi connectivity index (χ2v) is 24.9. The zero-order valence-electron chi connectivity index (χ0n) is 53.0. The highest BCUT2D eigenvalue weighted by molar-refractivity contribution is 6.24. The molecule has 0 heterocycles. The van der Waals surface area contributed by atoms with E-state index in [1.165, 1.54) is 176 Å². The van der Waals surface area contributed by atoms with Gasteiger partial charge >= 0.3 is 0 Å². The van der Waals surface area contributed by atoms with E-state index in [1.807, 2.05) is 0 Å².